The Kier molecular flexibility index (Phi) is 5.82. The molecule has 0 aromatic heterocycles. The molecule has 2 N–H and O–H groups in total. The van der Waals surface area contributed by atoms with Crippen molar-refractivity contribution in [1.29, 1.82) is 0 Å². The number of hydrogen-bond acceptors (Lipinski definition) is 2. The van der Waals surface area contributed by atoms with Crippen LogP contribution in [0.3, 0.4) is 0 Å². The van der Waals surface area contributed by atoms with Gasteiger partial charge in [0.1, 0.15) is 0 Å². The van der Waals surface area contributed by atoms with Gasteiger partial charge in [0.05, 0.1) is 0 Å². The van der Waals surface area contributed by atoms with Crippen LogP contribution in [0.15, 0.2) is 34.8 Å². The molecule has 0 saturated heterocycles. The fourth-order valence-electron chi connectivity index (χ4n) is 1.13. The highest BCUT2D eigenvalue weighted by atomic mass is 79.9. The summed E-state index contributed by atoms with van der Waals surface area (Å²) in [5, 5.41) is 11.2. The molecule has 0 atom stereocenters. The minimum absolute atomic E-state index is 0.0929. The predicted molar refractivity (Wildman–Crippen MR) is 67.9 cm³/mol. The number of aliphatic hydroxyl groups is 1. The standard InChI is InChI=1S/C12H14BrNO2/c13-11-4-1-3-10(9-11)5-6-12(16)14-7-2-8-15/h1,3-6,9,15H,2,7-8H2,(H,14,16)/b6-5+. The average Bonchev–Trinajstić information content (AvgIpc) is 2.27. The number of aliphatic hydroxyl groups excluding tert-OH is 1. The zero-order chi connectivity index (χ0) is 11.8. The maximum Gasteiger partial charge on any atom is 0.244 e. The van der Waals surface area contributed by atoms with Crippen molar-refractivity contribution >= 4 is 27.9 Å². The Hall–Kier alpha value is -1.13. The van der Waals surface area contributed by atoms with Crippen molar-refractivity contribution in [2.75, 3.05) is 13.2 Å². The first kappa shape index (κ1) is 12.9. The fraction of sp³-hybridized carbons (Fsp3) is 0.250. The quantitative estimate of drug-likeness (QED) is 0.641. The molecule has 0 saturated carbocycles. The smallest absolute Gasteiger partial charge is 0.244 e. The Balaban J connectivity index is 2.44. The van der Waals surface area contributed by atoms with Gasteiger partial charge in [-0.25, -0.2) is 0 Å². The van der Waals surface area contributed by atoms with E-state index in [2.05, 4.69) is 21.2 Å². The fourth-order valence-corrected chi connectivity index (χ4v) is 1.55. The highest BCUT2D eigenvalue weighted by Crippen LogP contribution is 2.12. The molecule has 3 nitrogen and oxygen atoms in total. The van der Waals surface area contributed by atoms with Gasteiger partial charge < -0.3 is 10.4 Å². The molecule has 0 fully saturated rings. The molecular formula is C12H14BrNO2. The SMILES string of the molecule is O=C(/C=C/c1cccc(Br)c1)NCCCO. The largest absolute Gasteiger partial charge is 0.396 e. The molecule has 86 valence electrons. The van der Waals surface area contributed by atoms with Crippen LogP contribution in [-0.2, 0) is 4.79 Å². The van der Waals surface area contributed by atoms with Crippen LogP contribution >= 0.6 is 15.9 Å². The van der Waals surface area contributed by atoms with Gasteiger partial charge in [-0.1, -0.05) is 28.1 Å². The molecule has 0 aliphatic carbocycles. The summed E-state index contributed by atoms with van der Waals surface area (Å²) in [7, 11) is 0. The van der Waals surface area contributed by atoms with E-state index in [1.807, 2.05) is 24.3 Å². The normalized spacial score (nSPS) is 10.6. The lowest BCUT2D eigenvalue weighted by Gasteiger charge is -1.99. The first-order chi connectivity index (χ1) is 7.72. The summed E-state index contributed by atoms with van der Waals surface area (Å²) >= 11 is 3.36. The molecule has 1 rings (SSSR count). The molecule has 0 aliphatic rings. The summed E-state index contributed by atoms with van der Waals surface area (Å²) in [6.45, 7) is 0.591. The van der Waals surface area contributed by atoms with Crippen LogP contribution in [0.4, 0.5) is 0 Å². The summed E-state index contributed by atoms with van der Waals surface area (Å²) in [6, 6.07) is 7.69. The summed E-state index contributed by atoms with van der Waals surface area (Å²) in [6.07, 6.45) is 3.81. The third-order valence-corrected chi connectivity index (χ3v) is 2.40. The molecule has 16 heavy (non-hydrogen) atoms. The maximum atomic E-state index is 11.3. The molecular weight excluding hydrogens is 270 g/mol. The maximum absolute atomic E-state index is 11.3. The van der Waals surface area contributed by atoms with Crippen LogP contribution in [0.5, 0.6) is 0 Å². The first-order valence-corrected chi connectivity index (χ1v) is 5.84. The van der Waals surface area contributed by atoms with Crippen LogP contribution < -0.4 is 5.32 Å². The second-order valence-electron chi connectivity index (χ2n) is 3.26. The van der Waals surface area contributed by atoms with E-state index in [-0.39, 0.29) is 12.5 Å². The highest BCUT2D eigenvalue weighted by Gasteiger charge is 1.94. The van der Waals surface area contributed by atoms with Gasteiger partial charge in [0, 0.05) is 23.7 Å². The second kappa shape index (κ2) is 7.19. The Morgan fingerprint density at radius 1 is 1.50 bits per heavy atom. The Morgan fingerprint density at radius 3 is 3.00 bits per heavy atom. The van der Waals surface area contributed by atoms with E-state index in [9.17, 15) is 4.79 Å². The van der Waals surface area contributed by atoms with Gasteiger partial charge in [0.15, 0.2) is 0 Å². The zero-order valence-electron chi connectivity index (χ0n) is 8.82. The number of benzene rings is 1. The van der Waals surface area contributed by atoms with Crippen molar-refractivity contribution in [3.8, 4) is 0 Å². The lowest BCUT2D eigenvalue weighted by Crippen LogP contribution is -2.22. The molecule has 0 unspecified atom stereocenters. The van der Waals surface area contributed by atoms with Crippen LogP contribution in [-0.4, -0.2) is 24.2 Å². The topological polar surface area (TPSA) is 49.3 Å². The van der Waals surface area contributed by atoms with E-state index in [1.54, 1.807) is 6.08 Å². The Bertz CT molecular complexity index is 377. The van der Waals surface area contributed by atoms with Crippen molar-refractivity contribution in [2.24, 2.45) is 0 Å². The molecule has 0 bridgehead atoms. The van der Waals surface area contributed by atoms with E-state index in [0.29, 0.717) is 13.0 Å². The van der Waals surface area contributed by atoms with Gasteiger partial charge in [0.2, 0.25) is 5.91 Å². The number of amides is 1. The lowest BCUT2D eigenvalue weighted by molar-refractivity contribution is -0.116. The van der Waals surface area contributed by atoms with Gasteiger partial charge in [0.25, 0.3) is 0 Å². The van der Waals surface area contributed by atoms with Crippen molar-refractivity contribution in [2.45, 2.75) is 6.42 Å². The van der Waals surface area contributed by atoms with Crippen LogP contribution in [0.1, 0.15) is 12.0 Å². The Labute approximate surface area is 103 Å². The molecule has 0 aliphatic heterocycles. The van der Waals surface area contributed by atoms with E-state index in [4.69, 9.17) is 5.11 Å². The summed E-state index contributed by atoms with van der Waals surface area (Å²) in [5.41, 5.74) is 0.965. The van der Waals surface area contributed by atoms with Crippen molar-refractivity contribution in [1.82, 2.24) is 5.32 Å². The van der Waals surface area contributed by atoms with Gasteiger partial charge >= 0.3 is 0 Å². The van der Waals surface area contributed by atoms with Gasteiger partial charge in [-0.2, -0.15) is 0 Å². The monoisotopic (exact) mass is 283 g/mol. The van der Waals surface area contributed by atoms with Crippen LogP contribution in [0, 0.1) is 0 Å². The van der Waals surface area contributed by atoms with Crippen molar-refractivity contribution in [3.05, 3.63) is 40.4 Å². The average molecular weight is 284 g/mol. The minimum Gasteiger partial charge on any atom is -0.396 e. The number of halogens is 1. The molecule has 0 heterocycles. The molecule has 1 aromatic carbocycles. The van der Waals surface area contributed by atoms with Crippen molar-refractivity contribution < 1.29 is 9.90 Å². The van der Waals surface area contributed by atoms with Gasteiger partial charge in [-0.3, -0.25) is 4.79 Å². The van der Waals surface area contributed by atoms with Crippen LogP contribution in [0.2, 0.25) is 0 Å². The predicted octanol–water partition coefficient (Wildman–Crippen LogP) is 1.96. The Morgan fingerprint density at radius 2 is 2.31 bits per heavy atom. The second-order valence-corrected chi connectivity index (χ2v) is 4.17. The summed E-state index contributed by atoms with van der Waals surface area (Å²) < 4.78 is 0.982. The van der Waals surface area contributed by atoms with Gasteiger partial charge in [-0.15, -0.1) is 0 Å². The van der Waals surface area contributed by atoms with E-state index in [1.165, 1.54) is 6.08 Å². The number of hydrogen-bond donors (Lipinski definition) is 2. The first-order valence-electron chi connectivity index (χ1n) is 5.04. The highest BCUT2D eigenvalue weighted by molar-refractivity contribution is 9.10. The van der Waals surface area contributed by atoms with Gasteiger partial charge in [-0.05, 0) is 30.2 Å². The summed E-state index contributed by atoms with van der Waals surface area (Å²) in [4.78, 5) is 11.3. The molecule has 1 aromatic rings. The van der Waals surface area contributed by atoms with E-state index < -0.39 is 0 Å². The minimum atomic E-state index is -0.145. The number of nitrogens with one attached hydrogen (secondary N) is 1. The number of carbonyl (C=O) groups excluding carboxylic acids is 1. The number of carbonyl (C=O) groups is 1. The zero-order valence-corrected chi connectivity index (χ0v) is 10.4. The molecule has 4 heteroatoms. The third kappa shape index (κ3) is 5.09. The van der Waals surface area contributed by atoms with E-state index in [0.717, 1.165) is 10.0 Å². The van der Waals surface area contributed by atoms with Crippen LogP contribution in [0.25, 0.3) is 6.08 Å². The van der Waals surface area contributed by atoms with Crippen molar-refractivity contribution in [3.63, 3.8) is 0 Å². The number of rotatable bonds is 5. The molecule has 0 spiro atoms. The molecule has 0 radical (unpaired) electrons. The molecule has 1 amide bonds. The van der Waals surface area contributed by atoms with E-state index >= 15 is 0 Å². The third-order valence-electron chi connectivity index (χ3n) is 1.91. The lowest BCUT2D eigenvalue weighted by atomic mass is 10.2. The summed E-state index contributed by atoms with van der Waals surface area (Å²) in [5.74, 6) is -0.145.